The lowest BCUT2D eigenvalue weighted by Gasteiger charge is -2.32. The smallest absolute Gasteiger partial charge is 0.295 e. The van der Waals surface area contributed by atoms with Crippen LogP contribution in [0.3, 0.4) is 0 Å². The van der Waals surface area contributed by atoms with Gasteiger partial charge in [-0.1, -0.05) is 0 Å². The quantitative estimate of drug-likeness (QED) is 0.646. The fourth-order valence-corrected chi connectivity index (χ4v) is 2.28. The van der Waals surface area contributed by atoms with Crippen LogP contribution in [-0.2, 0) is 0 Å². The summed E-state index contributed by atoms with van der Waals surface area (Å²) in [4.78, 5) is 12.3. The zero-order valence-electron chi connectivity index (χ0n) is 10.2. The first-order valence-corrected chi connectivity index (χ1v) is 5.94. The van der Waals surface area contributed by atoms with Gasteiger partial charge in [0.25, 0.3) is 5.69 Å². The summed E-state index contributed by atoms with van der Waals surface area (Å²) >= 11 is 0. The molecule has 0 radical (unpaired) electrons. The molecule has 1 atom stereocenters. The summed E-state index contributed by atoms with van der Waals surface area (Å²) in [6.45, 7) is 2.90. The Morgan fingerprint density at radius 1 is 1.56 bits per heavy atom. The highest BCUT2D eigenvalue weighted by atomic mass is 19.1. The van der Waals surface area contributed by atoms with E-state index in [1.807, 2.05) is 4.90 Å². The summed E-state index contributed by atoms with van der Waals surface area (Å²) in [5.74, 6) is -0.549. The van der Waals surface area contributed by atoms with Gasteiger partial charge in [-0.15, -0.1) is 0 Å². The third kappa shape index (κ3) is 2.43. The second-order valence-electron chi connectivity index (χ2n) is 4.70. The third-order valence-corrected chi connectivity index (χ3v) is 3.25. The topological polar surface area (TPSA) is 72.4 Å². The van der Waals surface area contributed by atoms with Gasteiger partial charge in [0, 0.05) is 19.1 Å². The Kier molecular flexibility index (Phi) is 3.47. The van der Waals surface area contributed by atoms with Gasteiger partial charge in [0.2, 0.25) is 0 Å². The molecule has 1 aromatic rings. The molecule has 0 aliphatic carbocycles. The number of aryl methyl sites for hydroxylation is 1. The van der Waals surface area contributed by atoms with E-state index in [-0.39, 0.29) is 11.7 Å². The lowest BCUT2D eigenvalue weighted by Crippen LogP contribution is -2.43. The Balaban J connectivity index is 2.41. The molecule has 18 heavy (non-hydrogen) atoms. The van der Waals surface area contributed by atoms with Crippen LogP contribution in [0.25, 0.3) is 0 Å². The number of piperidine rings is 1. The van der Waals surface area contributed by atoms with Gasteiger partial charge < -0.3 is 10.6 Å². The molecule has 0 unspecified atom stereocenters. The van der Waals surface area contributed by atoms with E-state index in [0.29, 0.717) is 17.8 Å². The van der Waals surface area contributed by atoms with E-state index in [9.17, 15) is 14.5 Å². The highest BCUT2D eigenvalue weighted by Crippen LogP contribution is 2.32. The molecule has 1 heterocycles. The van der Waals surface area contributed by atoms with Gasteiger partial charge in [-0.25, -0.2) is 4.39 Å². The van der Waals surface area contributed by atoms with E-state index < -0.39 is 10.7 Å². The number of hydrogen-bond acceptors (Lipinski definition) is 4. The highest BCUT2D eigenvalue weighted by molar-refractivity contribution is 5.65. The molecule has 0 bridgehead atoms. The van der Waals surface area contributed by atoms with E-state index in [1.165, 1.54) is 6.07 Å². The summed E-state index contributed by atoms with van der Waals surface area (Å²) in [5.41, 5.74) is 6.56. The standard InChI is InChI=1S/C12H16FN3O2/c1-8-5-11(12(16(17)18)6-10(8)13)15-4-2-3-9(14)7-15/h5-6,9H,2-4,7,14H2,1H3/t9-/m1/s1. The van der Waals surface area contributed by atoms with E-state index in [4.69, 9.17) is 5.73 Å². The maximum absolute atomic E-state index is 13.4. The van der Waals surface area contributed by atoms with E-state index in [2.05, 4.69) is 0 Å². The largest absolute Gasteiger partial charge is 0.364 e. The number of halogens is 1. The molecule has 6 heteroatoms. The molecular formula is C12H16FN3O2. The van der Waals surface area contributed by atoms with Crippen LogP contribution in [0.1, 0.15) is 18.4 Å². The van der Waals surface area contributed by atoms with Crippen molar-refractivity contribution < 1.29 is 9.31 Å². The van der Waals surface area contributed by atoms with Crippen molar-refractivity contribution >= 4 is 11.4 Å². The SMILES string of the molecule is Cc1cc(N2CCC[C@@H](N)C2)c([N+](=O)[O-])cc1F. The predicted molar refractivity (Wildman–Crippen MR) is 67.2 cm³/mol. The molecular weight excluding hydrogens is 237 g/mol. The lowest BCUT2D eigenvalue weighted by molar-refractivity contribution is -0.384. The Labute approximate surface area is 105 Å². The van der Waals surface area contributed by atoms with E-state index in [1.54, 1.807) is 6.92 Å². The Bertz CT molecular complexity index is 479. The van der Waals surface area contributed by atoms with Crippen LogP contribution in [0, 0.1) is 22.9 Å². The van der Waals surface area contributed by atoms with Crippen molar-refractivity contribution in [1.29, 1.82) is 0 Å². The second-order valence-corrected chi connectivity index (χ2v) is 4.70. The van der Waals surface area contributed by atoms with Crippen LogP contribution in [0.15, 0.2) is 12.1 Å². The number of hydrogen-bond donors (Lipinski definition) is 1. The van der Waals surface area contributed by atoms with Gasteiger partial charge in [-0.2, -0.15) is 0 Å². The molecule has 0 amide bonds. The molecule has 0 aromatic heterocycles. The van der Waals surface area contributed by atoms with Crippen molar-refractivity contribution in [3.8, 4) is 0 Å². The van der Waals surface area contributed by atoms with Crippen molar-refractivity contribution in [1.82, 2.24) is 0 Å². The second kappa shape index (κ2) is 4.89. The highest BCUT2D eigenvalue weighted by Gasteiger charge is 2.25. The van der Waals surface area contributed by atoms with E-state index in [0.717, 1.165) is 25.5 Å². The summed E-state index contributed by atoms with van der Waals surface area (Å²) in [6, 6.07) is 2.54. The van der Waals surface area contributed by atoms with Crippen molar-refractivity contribution in [2.75, 3.05) is 18.0 Å². The van der Waals surface area contributed by atoms with Crippen LogP contribution in [0.5, 0.6) is 0 Å². The van der Waals surface area contributed by atoms with Gasteiger partial charge in [-0.3, -0.25) is 10.1 Å². The van der Waals surface area contributed by atoms with Crippen LogP contribution in [0.2, 0.25) is 0 Å². The molecule has 1 aliphatic heterocycles. The number of anilines is 1. The number of nitrogens with two attached hydrogens (primary N) is 1. The minimum absolute atomic E-state index is 0.0173. The predicted octanol–water partition coefficient (Wildman–Crippen LogP) is 1.97. The molecule has 1 saturated heterocycles. The molecule has 2 N–H and O–H groups in total. The molecule has 1 aromatic carbocycles. The van der Waals surface area contributed by atoms with Gasteiger partial charge in [0.05, 0.1) is 11.0 Å². The van der Waals surface area contributed by atoms with Crippen LogP contribution in [-0.4, -0.2) is 24.1 Å². The van der Waals surface area contributed by atoms with Gasteiger partial charge >= 0.3 is 0 Å². The third-order valence-electron chi connectivity index (χ3n) is 3.25. The van der Waals surface area contributed by atoms with Crippen LogP contribution < -0.4 is 10.6 Å². The first-order valence-electron chi connectivity index (χ1n) is 5.94. The van der Waals surface area contributed by atoms with Gasteiger partial charge in [0.15, 0.2) is 0 Å². The average Bonchev–Trinajstić information content (AvgIpc) is 2.31. The maximum Gasteiger partial charge on any atom is 0.295 e. The average molecular weight is 253 g/mol. The van der Waals surface area contributed by atoms with Crippen molar-refractivity contribution in [2.24, 2.45) is 5.73 Å². The minimum atomic E-state index is -0.549. The van der Waals surface area contributed by atoms with Gasteiger partial charge in [0.1, 0.15) is 11.5 Å². The first kappa shape index (κ1) is 12.8. The minimum Gasteiger partial charge on any atom is -0.364 e. The Hall–Kier alpha value is -1.69. The number of benzene rings is 1. The van der Waals surface area contributed by atoms with Crippen molar-refractivity contribution in [3.05, 3.63) is 33.6 Å². The summed E-state index contributed by atoms with van der Waals surface area (Å²) < 4.78 is 13.4. The van der Waals surface area contributed by atoms with Crippen molar-refractivity contribution in [3.63, 3.8) is 0 Å². The van der Waals surface area contributed by atoms with Crippen LogP contribution in [0.4, 0.5) is 15.8 Å². The maximum atomic E-state index is 13.4. The fourth-order valence-electron chi connectivity index (χ4n) is 2.28. The zero-order chi connectivity index (χ0) is 13.3. The fraction of sp³-hybridized carbons (Fsp3) is 0.500. The Morgan fingerprint density at radius 3 is 2.89 bits per heavy atom. The molecule has 98 valence electrons. The molecule has 5 nitrogen and oxygen atoms in total. The summed E-state index contributed by atoms with van der Waals surface area (Å²) in [7, 11) is 0. The zero-order valence-corrected chi connectivity index (χ0v) is 10.2. The first-order chi connectivity index (χ1) is 8.49. The number of nitrogens with zero attached hydrogens (tertiary/aromatic N) is 2. The summed E-state index contributed by atoms with van der Waals surface area (Å²) in [5, 5.41) is 11.0. The normalized spacial score (nSPS) is 19.9. The molecule has 0 spiro atoms. The molecule has 0 saturated carbocycles. The van der Waals surface area contributed by atoms with Crippen LogP contribution >= 0.6 is 0 Å². The summed E-state index contributed by atoms with van der Waals surface area (Å²) in [6.07, 6.45) is 1.82. The molecule has 1 aliphatic rings. The van der Waals surface area contributed by atoms with E-state index >= 15 is 0 Å². The lowest BCUT2D eigenvalue weighted by atomic mass is 10.0. The number of nitro benzene ring substituents is 1. The van der Waals surface area contributed by atoms with Gasteiger partial charge in [-0.05, 0) is 31.4 Å². The Morgan fingerprint density at radius 2 is 2.28 bits per heavy atom. The number of rotatable bonds is 2. The molecule has 1 fully saturated rings. The molecule has 2 rings (SSSR count). The van der Waals surface area contributed by atoms with Crippen molar-refractivity contribution in [2.45, 2.75) is 25.8 Å². The monoisotopic (exact) mass is 253 g/mol. The number of nitro groups is 1.